The van der Waals surface area contributed by atoms with Crippen molar-refractivity contribution in [1.29, 1.82) is 0 Å². The Balaban J connectivity index is 1.94. The van der Waals surface area contributed by atoms with E-state index in [2.05, 4.69) is 5.32 Å². The molecule has 0 saturated heterocycles. The third kappa shape index (κ3) is 5.02. The molecule has 31 heavy (non-hydrogen) atoms. The quantitative estimate of drug-likeness (QED) is 0.579. The Kier molecular flexibility index (Phi) is 6.59. The minimum Gasteiger partial charge on any atom is -0.385 e. The van der Waals surface area contributed by atoms with Gasteiger partial charge < -0.3 is 10.1 Å². The molecule has 0 atom stereocenters. The topological polar surface area (TPSA) is 82.3 Å². The van der Waals surface area contributed by atoms with Gasteiger partial charge in [-0.15, -0.1) is 0 Å². The van der Waals surface area contributed by atoms with Crippen molar-refractivity contribution in [3.8, 4) is 0 Å². The number of amides is 1. The number of anilines is 1. The third-order valence-corrected chi connectivity index (χ3v) is 4.64. The lowest BCUT2D eigenvalue weighted by Crippen LogP contribution is -2.42. The predicted octanol–water partition coefficient (Wildman–Crippen LogP) is 2.86. The Morgan fingerprint density at radius 1 is 1.06 bits per heavy atom. The molecule has 0 radical (unpaired) electrons. The Bertz CT molecular complexity index is 1210. The molecule has 0 aliphatic carbocycles. The summed E-state index contributed by atoms with van der Waals surface area (Å²) in [7, 11) is 1.50. The molecule has 0 unspecified atom stereocenters. The minimum absolute atomic E-state index is 0.0504. The van der Waals surface area contributed by atoms with Gasteiger partial charge in [0.2, 0.25) is 5.91 Å². The SMILES string of the molecule is COCCCn1c(=O)c2ccccc2n(CC(=O)Nc2cccc(C(F)(F)F)c2)c1=O. The summed E-state index contributed by atoms with van der Waals surface area (Å²) in [6, 6.07) is 10.5. The summed E-state index contributed by atoms with van der Waals surface area (Å²) in [6.45, 7) is -0.0273. The van der Waals surface area contributed by atoms with Crippen LogP contribution in [0.2, 0.25) is 0 Å². The fourth-order valence-electron chi connectivity index (χ4n) is 3.21. The van der Waals surface area contributed by atoms with E-state index < -0.39 is 35.4 Å². The summed E-state index contributed by atoms with van der Waals surface area (Å²) in [5.74, 6) is -0.700. The van der Waals surface area contributed by atoms with Crippen LogP contribution in [-0.2, 0) is 28.8 Å². The van der Waals surface area contributed by atoms with E-state index in [1.165, 1.54) is 25.3 Å². The summed E-state index contributed by atoms with van der Waals surface area (Å²) in [5.41, 5.74) is -1.85. The van der Waals surface area contributed by atoms with Crippen LogP contribution >= 0.6 is 0 Å². The standard InChI is InChI=1S/C21H20F3N3O4/c1-31-11-5-10-26-19(29)16-8-2-3-9-17(16)27(20(26)30)13-18(28)25-15-7-4-6-14(12-15)21(22,23)24/h2-4,6-9,12H,5,10-11,13H2,1H3,(H,25,28). The zero-order valence-corrected chi connectivity index (χ0v) is 16.6. The van der Waals surface area contributed by atoms with E-state index in [-0.39, 0.29) is 23.1 Å². The van der Waals surface area contributed by atoms with E-state index in [1.807, 2.05) is 0 Å². The van der Waals surface area contributed by atoms with Crippen molar-refractivity contribution in [3.63, 3.8) is 0 Å². The van der Waals surface area contributed by atoms with Crippen LogP contribution in [0.1, 0.15) is 12.0 Å². The first-order valence-electron chi connectivity index (χ1n) is 9.41. The largest absolute Gasteiger partial charge is 0.416 e. The molecule has 0 fully saturated rings. The summed E-state index contributed by atoms with van der Waals surface area (Å²) < 4.78 is 45.8. The van der Waals surface area contributed by atoms with Crippen LogP contribution in [0.4, 0.5) is 18.9 Å². The van der Waals surface area contributed by atoms with Crippen LogP contribution in [-0.4, -0.2) is 28.8 Å². The highest BCUT2D eigenvalue weighted by atomic mass is 19.4. The van der Waals surface area contributed by atoms with Crippen molar-refractivity contribution in [3.05, 3.63) is 74.9 Å². The number of carbonyl (C=O) groups is 1. The smallest absolute Gasteiger partial charge is 0.385 e. The molecule has 164 valence electrons. The van der Waals surface area contributed by atoms with Crippen LogP contribution in [0.3, 0.4) is 0 Å². The number of halogens is 3. The molecule has 0 aliphatic rings. The Morgan fingerprint density at radius 3 is 2.52 bits per heavy atom. The van der Waals surface area contributed by atoms with Gasteiger partial charge in [0.15, 0.2) is 0 Å². The molecule has 3 aromatic rings. The van der Waals surface area contributed by atoms with Gasteiger partial charge in [-0.3, -0.25) is 18.7 Å². The molecular formula is C21H20F3N3O4. The van der Waals surface area contributed by atoms with E-state index in [0.717, 1.165) is 21.3 Å². The van der Waals surface area contributed by atoms with Crippen LogP contribution in [0.25, 0.3) is 10.9 Å². The first-order valence-corrected chi connectivity index (χ1v) is 9.41. The molecule has 1 amide bonds. The van der Waals surface area contributed by atoms with Crippen LogP contribution in [0.5, 0.6) is 0 Å². The van der Waals surface area contributed by atoms with Crippen molar-refractivity contribution in [2.24, 2.45) is 0 Å². The number of benzene rings is 2. The van der Waals surface area contributed by atoms with Crippen molar-refractivity contribution in [1.82, 2.24) is 9.13 Å². The average molecular weight is 435 g/mol. The number of nitrogens with zero attached hydrogens (tertiary/aromatic N) is 2. The molecule has 7 nitrogen and oxygen atoms in total. The number of para-hydroxylation sites is 1. The van der Waals surface area contributed by atoms with Gasteiger partial charge in [-0.25, -0.2) is 4.79 Å². The van der Waals surface area contributed by atoms with Crippen molar-refractivity contribution >= 4 is 22.5 Å². The summed E-state index contributed by atoms with van der Waals surface area (Å²) >= 11 is 0. The van der Waals surface area contributed by atoms with E-state index in [4.69, 9.17) is 4.74 Å². The highest BCUT2D eigenvalue weighted by Gasteiger charge is 2.30. The number of rotatable bonds is 7. The first kappa shape index (κ1) is 22.3. The second-order valence-corrected chi connectivity index (χ2v) is 6.82. The van der Waals surface area contributed by atoms with Gasteiger partial charge in [-0.2, -0.15) is 13.2 Å². The fraction of sp³-hybridized carbons (Fsp3) is 0.286. The molecule has 1 aromatic heterocycles. The Hall–Kier alpha value is -3.40. The zero-order valence-electron chi connectivity index (χ0n) is 16.6. The van der Waals surface area contributed by atoms with Crippen molar-refractivity contribution in [2.45, 2.75) is 25.7 Å². The monoisotopic (exact) mass is 435 g/mol. The van der Waals surface area contributed by atoms with Gasteiger partial charge in [0, 0.05) is 25.9 Å². The van der Waals surface area contributed by atoms with Crippen LogP contribution in [0.15, 0.2) is 58.1 Å². The molecule has 0 saturated carbocycles. The van der Waals surface area contributed by atoms with Gasteiger partial charge in [0.05, 0.1) is 16.5 Å². The number of carbonyl (C=O) groups excluding carboxylic acids is 1. The number of methoxy groups -OCH3 is 1. The molecule has 0 aliphatic heterocycles. The lowest BCUT2D eigenvalue weighted by atomic mass is 10.2. The Labute approximate surface area is 174 Å². The normalized spacial score (nSPS) is 11.6. The molecule has 3 rings (SSSR count). The molecule has 0 bridgehead atoms. The molecule has 2 aromatic carbocycles. The number of fused-ring (bicyclic) bond motifs is 1. The van der Waals surface area contributed by atoms with E-state index >= 15 is 0 Å². The van der Waals surface area contributed by atoms with E-state index in [0.29, 0.717) is 13.0 Å². The van der Waals surface area contributed by atoms with Gasteiger partial charge in [0.1, 0.15) is 6.54 Å². The van der Waals surface area contributed by atoms with E-state index in [1.54, 1.807) is 18.2 Å². The number of aromatic nitrogens is 2. The number of hydrogen-bond acceptors (Lipinski definition) is 4. The van der Waals surface area contributed by atoms with Crippen LogP contribution in [0, 0.1) is 0 Å². The molecular weight excluding hydrogens is 415 g/mol. The van der Waals surface area contributed by atoms with Gasteiger partial charge in [-0.1, -0.05) is 18.2 Å². The molecule has 1 heterocycles. The molecule has 1 N–H and O–H groups in total. The maximum Gasteiger partial charge on any atom is 0.416 e. The highest BCUT2D eigenvalue weighted by molar-refractivity contribution is 5.91. The van der Waals surface area contributed by atoms with Gasteiger partial charge >= 0.3 is 11.9 Å². The number of hydrogen-bond donors (Lipinski definition) is 1. The lowest BCUT2D eigenvalue weighted by Gasteiger charge is -2.14. The second-order valence-electron chi connectivity index (χ2n) is 6.82. The Morgan fingerprint density at radius 2 is 1.81 bits per heavy atom. The first-order chi connectivity index (χ1) is 14.7. The van der Waals surface area contributed by atoms with Crippen molar-refractivity contribution < 1.29 is 22.7 Å². The fourth-order valence-corrected chi connectivity index (χ4v) is 3.21. The predicted molar refractivity (Wildman–Crippen MR) is 109 cm³/mol. The summed E-state index contributed by atoms with van der Waals surface area (Å²) in [5, 5.41) is 2.63. The van der Waals surface area contributed by atoms with Gasteiger partial charge in [-0.05, 0) is 36.8 Å². The van der Waals surface area contributed by atoms with Crippen LogP contribution < -0.4 is 16.6 Å². The molecule has 10 heteroatoms. The maximum atomic E-state index is 12.9. The highest BCUT2D eigenvalue weighted by Crippen LogP contribution is 2.30. The number of nitrogens with one attached hydrogen (secondary N) is 1. The maximum absolute atomic E-state index is 12.9. The zero-order chi connectivity index (χ0) is 22.6. The summed E-state index contributed by atoms with van der Waals surface area (Å²) in [6.07, 6.45) is -4.13. The minimum atomic E-state index is -4.55. The summed E-state index contributed by atoms with van der Waals surface area (Å²) in [4.78, 5) is 38.2. The lowest BCUT2D eigenvalue weighted by molar-refractivity contribution is -0.137. The van der Waals surface area contributed by atoms with Crippen molar-refractivity contribution in [2.75, 3.05) is 19.0 Å². The molecule has 0 spiro atoms. The number of alkyl halides is 3. The average Bonchev–Trinajstić information content (AvgIpc) is 2.73. The second kappa shape index (κ2) is 9.17. The van der Waals surface area contributed by atoms with Gasteiger partial charge in [0.25, 0.3) is 5.56 Å². The third-order valence-electron chi connectivity index (χ3n) is 4.64. The van der Waals surface area contributed by atoms with E-state index in [9.17, 15) is 27.6 Å². The number of ether oxygens (including phenoxy) is 1.